The molecule has 0 spiro atoms. The number of nitrogens with one attached hydrogen (secondary N) is 1. The Hall–Kier alpha value is -2.61. The number of aromatic nitrogens is 1. The summed E-state index contributed by atoms with van der Waals surface area (Å²) in [5, 5.41) is 2.90. The third kappa shape index (κ3) is 4.27. The van der Waals surface area contributed by atoms with Crippen LogP contribution in [0.2, 0.25) is 0 Å². The maximum atomic E-state index is 12.9. The quantitative estimate of drug-likeness (QED) is 0.800. The third-order valence-electron chi connectivity index (χ3n) is 4.69. The van der Waals surface area contributed by atoms with E-state index in [1.807, 2.05) is 12.1 Å². The second kappa shape index (κ2) is 8.18. The van der Waals surface area contributed by atoms with Crippen LogP contribution < -0.4 is 14.4 Å². The lowest BCUT2D eigenvalue weighted by atomic mass is 10.1. The topological polar surface area (TPSA) is 88.6 Å². The number of amides is 1. The molecule has 0 radical (unpaired) electrons. The lowest BCUT2D eigenvalue weighted by Crippen LogP contribution is -2.26. The van der Waals surface area contributed by atoms with Crippen molar-refractivity contribution in [2.45, 2.75) is 33.1 Å². The molecule has 1 aromatic carbocycles. The zero-order chi connectivity index (χ0) is 20.3. The summed E-state index contributed by atoms with van der Waals surface area (Å²) in [6, 6.07) is 7.18. The van der Waals surface area contributed by atoms with E-state index in [9.17, 15) is 13.2 Å². The predicted octanol–water partition coefficient (Wildman–Crippen LogP) is 3.14. The number of benzene rings is 1. The molecule has 1 aliphatic rings. The lowest BCUT2D eigenvalue weighted by Gasteiger charge is -2.17. The van der Waals surface area contributed by atoms with Gasteiger partial charge in [-0.1, -0.05) is 13.3 Å². The van der Waals surface area contributed by atoms with Gasteiger partial charge in [-0.25, -0.2) is 13.4 Å². The van der Waals surface area contributed by atoms with Crippen LogP contribution in [0.4, 0.5) is 11.5 Å². The first kappa shape index (κ1) is 20.1. The molecular formula is C20H25N3O4S. The van der Waals surface area contributed by atoms with Crippen LogP contribution >= 0.6 is 0 Å². The van der Waals surface area contributed by atoms with E-state index in [0.717, 1.165) is 18.4 Å². The van der Waals surface area contributed by atoms with Gasteiger partial charge in [0, 0.05) is 30.1 Å². The highest BCUT2D eigenvalue weighted by atomic mass is 32.2. The molecule has 1 N–H and O–H groups in total. The molecule has 0 aliphatic carbocycles. The molecule has 1 amide bonds. The Balaban J connectivity index is 1.89. The Morgan fingerprint density at radius 3 is 2.71 bits per heavy atom. The highest BCUT2D eigenvalue weighted by Crippen LogP contribution is 2.26. The Morgan fingerprint density at radius 1 is 1.29 bits per heavy atom. The monoisotopic (exact) mass is 403 g/mol. The first-order chi connectivity index (χ1) is 13.3. The van der Waals surface area contributed by atoms with Gasteiger partial charge in [-0.3, -0.25) is 9.10 Å². The van der Waals surface area contributed by atoms with Gasteiger partial charge in [0.1, 0.15) is 11.6 Å². The SMILES string of the molecule is CCCc1cc(NC(=O)c2cc(N3CCCS3(=O)=O)ncc2C)cc(OC)c1. The van der Waals surface area contributed by atoms with E-state index in [-0.39, 0.29) is 17.5 Å². The summed E-state index contributed by atoms with van der Waals surface area (Å²) < 4.78 is 30.9. The van der Waals surface area contributed by atoms with E-state index in [0.29, 0.717) is 35.5 Å². The van der Waals surface area contributed by atoms with Gasteiger partial charge in [0.25, 0.3) is 5.91 Å². The van der Waals surface area contributed by atoms with Crippen LogP contribution in [0.5, 0.6) is 5.75 Å². The van der Waals surface area contributed by atoms with Crippen LogP contribution in [0.3, 0.4) is 0 Å². The van der Waals surface area contributed by atoms with Crippen LogP contribution in [0.1, 0.15) is 41.3 Å². The summed E-state index contributed by atoms with van der Waals surface area (Å²) in [4.78, 5) is 17.1. The summed E-state index contributed by atoms with van der Waals surface area (Å²) in [5.41, 5.74) is 2.79. The minimum atomic E-state index is -3.35. The van der Waals surface area contributed by atoms with Gasteiger partial charge in [-0.05, 0) is 49.1 Å². The van der Waals surface area contributed by atoms with E-state index in [1.54, 1.807) is 26.2 Å². The number of anilines is 2. The highest BCUT2D eigenvalue weighted by molar-refractivity contribution is 7.93. The maximum absolute atomic E-state index is 12.9. The van der Waals surface area contributed by atoms with Gasteiger partial charge >= 0.3 is 0 Å². The zero-order valence-corrected chi connectivity index (χ0v) is 17.2. The van der Waals surface area contributed by atoms with E-state index in [1.165, 1.54) is 10.5 Å². The van der Waals surface area contributed by atoms with Gasteiger partial charge in [-0.15, -0.1) is 0 Å². The molecule has 0 unspecified atom stereocenters. The fourth-order valence-corrected chi connectivity index (χ4v) is 4.78. The number of hydrogen-bond acceptors (Lipinski definition) is 5. The molecule has 28 heavy (non-hydrogen) atoms. The van der Waals surface area contributed by atoms with Crippen molar-refractivity contribution < 1.29 is 17.9 Å². The van der Waals surface area contributed by atoms with E-state index < -0.39 is 10.0 Å². The normalized spacial score (nSPS) is 15.5. The van der Waals surface area contributed by atoms with Crippen molar-refractivity contribution in [1.29, 1.82) is 0 Å². The van der Waals surface area contributed by atoms with Crippen LogP contribution in [0, 0.1) is 6.92 Å². The number of methoxy groups -OCH3 is 1. The molecule has 1 aliphatic heterocycles. The Morgan fingerprint density at radius 2 is 2.07 bits per heavy atom. The smallest absolute Gasteiger partial charge is 0.256 e. The summed E-state index contributed by atoms with van der Waals surface area (Å²) >= 11 is 0. The number of ether oxygens (including phenoxy) is 1. The predicted molar refractivity (Wildman–Crippen MR) is 110 cm³/mol. The number of carbonyl (C=O) groups is 1. The van der Waals surface area contributed by atoms with Crippen molar-refractivity contribution in [1.82, 2.24) is 4.98 Å². The molecule has 0 saturated carbocycles. The molecule has 8 heteroatoms. The number of aryl methyl sites for hydroxylation is 2. The molecule has 7 nitrogen and oxygen atoms in total. The minimum Gasteiger partial charge on any atom is -0.497 e. The molecule has 150 valence electrons. The molecule has 3 rings (SSSR count). The summed E-state index contributed by atoms with van der Waals surface area (Å²) in [6.07, 6.45) is 3.96. The average molecular weight is 404 g/mol. The third-order valence-corrected chi connectivity index (χ3v) is 6.53. The Labute approximate surface area is 165 Å². The van der Waals surface area contributed by atoms with Crippen molar-refractivity contribution in [3.8, 4) is 5.75 Å². The van der Waals surface area contributed by atoms with Gasteiger partial charge in [0.15, 0.2) is 0 Å². The van der Waals surface area contributed by atoms with Crippen molar-refractivity contribution >= 4 is 27.4 Å². The minimum absolute atomic E-state index is 0.105. The van der Waals surface area contributed by atoms with Crippen molar-refractivity contribution in [2.24, 2.45) is 0 Å². The molecule has 2 aromatic rings. The first-order valence-corrected chi connectivity index (χ1v) is 10.9. The Kier molecular flexibility index (Phi) is 5.88. The van der Waals surface area contributed by atoms with E-state index in [4.69, 9.17) is 4.74 Å². The van der Waals surface area contributed by atoms with Gasteiger partial charge in [-0.2, -0.15) is 0 Å². The van der Waals surface area contributed by atoms with Crippen LogP contribution in [0.25, 0.3) is 0 Å². The maximum Gasteiger partial charge on any atom is 0.256 e. The van der Waals surface area contributed by atoms with Gasteiger partial charge in [0.05, 0.1) is 12.9 Å². The van der Waals surface area contributed by atoms with E-state index >= 15 is 0 Å². The molecule has 1 saturated heterocycles. The number of sulfonamides is 1. The summed E-state index contributed by atoms with van der Waals surface area (Å²) in [7, 11) is -1.76. The molecular weight excluding hydrogens is 378 g/mol. The van der Waals surface area contributed by atoms with Crippen molar-refractivity contribution in [3.63, 3.8) is 0 Å². The second-order valence-electron chi connectivity index (χ2n) is 6.87. The van der Waals surface area contributed by atoms with Crippen LogP contribution in [0.15, 0.2) is 30.5 Å². The second-order valence-corrected chi connectivity index (χ2v) is 8.89. The van der Waals surface area contributed by atoms with Crippen molar-refractivity contribution in [2.75, 3.05) is 29.0 Å². The number of rotatable bonds is 6. The summed E-state index contributed by atoms with van der Waals surface area (Å²) in [5.74, 6) is 0.754. The zero-order valence-electron chi connectivity index (χ0n) is 16.4. The highest BCUT2D eigenvalue weighted by Gasteiger charge is 2.30. The van der Waals surface area contributed by atoms with E-state index in [2.05, 4.69) is 17.2 Å². The lowest BCUT2D eigenvalue weighted by molar-refractivity contribution is 0.102. The molecule has 0 bridgehead atoms. The van der Waals surface area contributed by atoms with Crippen LogP contribution in [-0.2, 0) is 16.4 Å². The average Bonchev–Trinajstić information content (AvgIpc) is 3.01. The summed E-state index contributed by atoms with van der Waals surface area (Å²) in [6.45, 7) is 4.25. The number of pyridine rings is 1. The fourth-order valence-electron chi connectivity index (χ4n) is 3.27. The number of carbonyl (C=O) groups excluding carboxylic acids is 1. The molecule has 2 heterocycles. The standard InChI is InChI=1S/C20H25N3O4S/c1-4-6-15-9-16(11-17(10-15)27-3)22-20(24)18-12-19(21-13-14(18)2)23-7-5-8-28(23,25)26/h9-13H,4-8H2,1-3H3,(H,22,24). The van der Waals surface area contributed by atoms with Crippen LogP contribution in [-0.4, -0.2) is 38.7 Å². The molecule has 1 fully saturated rings. The number of hydrogen-bond donors (Lipinski definition) is 1. The van der Waals surface area contributed by atoms with Gasteiger partial charge < -0.3 is 10.1 Å². The Bertz CT molecular complexity index is 989. The first-order valence-electron chi connectivity index (χ1n) is 9.30. The van der Waals surface area contributed by atoms with Crippen molar-refractivity contribution in [3.05, 3.63) is 47.2 Å². The molecule has 0 atom stereocenters. The number of nitrogens with zero attached hydrogens (tertiary/aromatic N) is 2. The van der Waals surface area contributed by atoms with Gasteiger partial charge in [0.2, 0.25) is 10.0 Å². The fraction of sp³-hybridized carbons (Fsp3) is 0.400. The largest absolute Gasteiger partial charge is 0.497 e. The molecule has 1 aromatic heterocycles.